The monoisotopic (exact) mass is 439 g/mol. The van der Waals surface area contributed by atoms with Gasteiger partial charge in [-0.2, -0.15) is 5.26 Å². The maximum atomic E-state index is 12.6. The zero-order chi connectivity index (χ0) is 22.9. The fraction of sp³-hybridized carbons (Fsp3) is 0.435. The summed E-state index contributed by atoms with van der Waals surface area (Å²) in [5.74, 6) is 2.10. The zero-order valence-corrected chi connectivity index (χ0v) is 18.8. The summed E-state index contributed by atoms with van der Waals surface area (Å²) in [5.41, 5.74) is 1.18. The Morgan fingerprint density at radius 3 is 2.53 bits per heavy atom. The molecule has 0 radical (unpaired) electrons. The van der Waals surface area contributed by atoms with E-state index in [1.807, 2.05) is 0 Å². The average molecular weight is 440 g/mol. The van der Waals surface area contributed by atoms with Crippen LogP contribution in [0.5, 0.6) is 17.2 Å². The van der Waals surface area contributed by atoms with Crippen molar-refractivity contribution < 1.29 is 19.0 Å². The van der Waals surface area contributed by atoms with Crippen LogP contribution in [0.4, 0.5) is 11.5 Å². The van der Waals surface area contributed by atoms with Crippen LogP contribution in [0.3, 0.4) is 0 Å². The minimum Gasteiger partial charge on any atom is -0.493 e. The summed E-state index contributed by atoms with van der Waals surface area (Å²) in [6, 6.07) is 9.20. The topological polar surface area (TPSA) is 100.0 Å². The van der Waals surface area contributed by atoms with Crippen LogP contribution in [-0.2, 0) is 4.79 Å². The van der Waals surface area contributed by atoms with Crippen LogP contribution < -0.4 is 24.4 Å². The van der Waals surface area contributed by atoms with E-state index in [2.05, 4.69) is 26.2 Å². The molecule has 1 aliphatic heterocycles. The molecule has 1 aromatic carbocycles. The Kier molecular flexibility index (Phi) is 8.11. The van der Waals surface area contributed by atoms with Crippen molar-refractivity contribution in [2.45, 2.75) is 12.8 Å². The molecule has 0 spiro atoms. The van der Waals surface area contributed by atoms with Crippen molar-refractivity contribution >= 4 is 17.4 Å². The number of rotatable bonds is 8. The van der Waals surface area contributed by atoms with E-state index in [4.69, 9.17) is 14.2 Å². The van der Waals surface area contributed by atoms with Crippen LogP contribution in [0, 0.1) is 11.3 Å². The van der Waals surface area contributed by atoms with Gasteiger partial charge < -0.3 is 29.3 Å². The molecule has 9 nitrogen and oxygen atoms in total. The van der Waals surface area contributed by atoms with E-state index in [1.54, 1.807) is 30.5 Å². The third-order valence-electron chi connectivity index (χ3n) is 5.40. The fourth-order valence-electron chi connectivity index (χ4n) is 3.78. The van der Waals surface area contributed by atoms with Gasteiger partial charge in [0.1, 0.15) is 11.9 Å². The Hall–Kier alpha value is -3.51. The van der Waals surface area contributed by atoms with Crippen LogP contribution >= 0.6 is 0 Å². The number of amides is 1. The summed E-state index contributed by atoms with van der Waals surface area (Å²) in [4.78, 5) is 21.4. The van der Waals surface area contributed by atoms with Gasteiger partial charge in [-0.15, -0.1) is 0 Å². The molecule has 0 bridgehead atoms. The predicted octanol–water partition coefficient (Wildman–Crippen LogP) is 2.52. The number of pyridine rings is 1. The highest BCUT2D eigenvalue weighted by atomic mass is 16.5. The van der Waals surface area contributed by atoms with Crippen molar-refractivity contribution in [2.75, 3.05) is 64.3 Å². The zero-order valence-electron chi connectivity index (χ0n) is 18.8. The van der Waals surface area contributed by atoms with Gasteiger partial charge in [-0.05, 0) is 25.1 Å². The lowest BCUT2D eigenvalue weighted by molar-refractivity contribution is -0.116. The van der Waals surface area contributed by atoms with Crippen molar-refractivity contribution in [1.29, 1.82) is 5.26 Å². The number of carbonyl (C=O) groups is 1. The number of aromatic nitrogens is 1. The van der Waals surface area contributed by atoms with Crippen molar-refractivity contribution in [2.24, 2.45) is 0 Å². The summed E-state index contributed by atoms with van der Waals surface area (Å²) in [5, 5.41) is 12.2. The molecule has 1 saturated heterocycles. The predicted molar refractivity (Wildman–Crippen MR) is 122 cm³/mol. The third-order valence-corrected chi connectivity index (χ3v) is 5.40. The van der Waals surface area contributed by atoms with E-state index in [1.165, 1.54) is 21.3 Å². The average Bonchev–Trinajstić information content (AvgIpc) is 3.07. The smallest absolute Gasteiger partial charge is 0.225 e. The highest BCUT2D eigenvalue weighted by molar-refractivity contribution is 5.91. The molecule has 3 rings (SSSR count). The van der Waals surface area contributed by atoms with E-state index >= 15 is 0 Å². The molecule has 2 aromatic rings. The van der Waals surface area contributed by atoms with Crippen molar-refractivity contribution in [3.63, 3.8) is 0 Å². The van der Waals surface area contributed by atoms with Gasteiger partial charge in [-0.3, -0.25) is 4.79 Å². The molecule has 1 amide bonds. The lowest BCUT2D eigenvalue weighted by atomic mass is 10.2. The number of anilines is 2. The first-order valence-corrected chi connectivity index (χ1v) is 10.5. The van der Waals surface area contributed by atoms with E-state index in [-0.39, 0.29) is 5.91 Å². The first-order valence-electron chi connectivity index (χ1n) is 10.5. The van der Waals surface area contributed by atoms with E-state index in [0.29, 0.717) is 41.5 Å². The van der Waals surface area contributed by atoms with Gasteiger partial charge >= 0.3 is 0 Å². The van der Waals surface area contributed by atoms with Gasteiger partial charge in [0, 0.05) is 56.6 Å². The number of nitriles is 1. The highest BCUT2D eigenvalue weighted by Gasteiger charge is 2.19. The number of benzene rings is 1. The summed E-state index contributed by atoms with van der Waals surface area (Å²) in [7, 11) is 4.61. The first kappa shape index (κ1) is 23.2. The number of nitrogens with one attached hydrogen (secondary N) is 1. The van der Waals surface area contributed by atoms with Crippen molar-refractivity contribution in [1.82, 2.24) is 9.88 Å². The van der Waals surface area contributed by atoms with Crippen LogP contribution in [0.2, 0.25) is 0 Å². The Labute approximate surface area is 188 Å². The lowest BCUT2D eigenvalue weighted by Crippen LogP contribution is -2.33. The molecular formula is C23H29N5O4. The second kappa shape index (κ2) is 11.2. The Bertz CT molecular complexity index is 950. The van der Waals surface area contributed by atoms with Crippen LogP contribution in [-0.4, -0.2) is 69.8 Å². The van der Waals surface area contributed by atoms with Crippen LogP contribution in [0.15, 0.2) is 30.5 Å². The standard InChI is InChI=1S/C23H29N5O4/c1-30-19-14-18(15-20(31-2)22(19)32-3)26-21(29)7-11-27-9-5-10-28(13-12-27)23-17(16-24)6-4-8-25-23/h4,6,8,14-15H,5,7,9-13H2,1-3H3,(H,26,29). The largest absolute Gasteiger partial charge is 0.493 e. The summed E-state index contributed by atoms with van der Waals surface area (Å²) < 4.78 is 16.0. The summed E-state index contributed by atoms with van der Waals surface area (Å²) >= 11 is 0. The number of carbonyl (C=O) groups excluding carboxylic acids is 1. The van der Waals surface area contributed by atoms with Gasteiger partial charge in [0.2, 0.25) is 11.7 Å². The molecule has 0 unspecified atom stereocenters. The molecule has 0 aliphatic carbocycles. The molecule has 0 saturated carbocycles. The number of methoxy groups -OCH3 is 3. The van der Waals surface area contributed by atoms with Crippen LogP contribution in [0.25, 0.3) is 0 Å². The fourth-order valence-corrected chi connectivity index (χ4v) is 3.78. The van der Waals surface area contributed by atoms with Crippen molar-refractivity contribution in [3.8, 4) is 23.3 Å². The van der Waals surface area contributed by atoms with E-state index in [9.17, 15) is 10.1 Å². The molecular weight excluding hydrogens is 410 g/mol. The maximum absolute atomic E-state index is 12.6. The normalized spacial score (nSPS) is 14.2. The Balaban J connectivity index is 1.55. The number of hydrogen-bond donors (Lipinski definition) is 1. The molecule has 1 N–H and O–H groups in total. The molecule has 1 aliphatic rings. The van der Waals surface area contributed by atoms with Gasteiger partial charge in [-0.25, -0.2) is 4.98 Å². The number of ether oxygens (including phenoxy) is 3. The van der Waals surface area contributed by atoms with Gasteiger partial charge in [0.25, 0.3) is 0 Å². The van der Waals surface area contributed by atoms with Crippen LogP contribution in [0.1, 0.15) is 18.4 Å². The minimum atomic E-state index is -0.0862. The van der Waals surface area contributed by atoms with E-state index in [0.717, 1.165) is 38.4 Å². The van der Waals surface area contributed by atoms with Gasteiger partial charge in [-0.1, -0.05) is 0 Å². The van der Waals surface area contributed by atoms with Gasteiger partial charge in [0.15, 0.2) is 11.5 Å². The Morgan fingerprint density at radius 2 is 1.88 bits per heavy atom. The Morgan fingerprint density at radius 1 is 1.12 bits per heavy atom. The summed E-state index contributed by atoms with van der Waals surface area (Å²) in [6.07, 6.45) is 3.02. The molecule has 9 heteroatoms. The van der Waals surface area contributed by atoms with Crippen molar-refractivity contribution in [3.05, 3.63) is 36.0 Å². The van der Waals surface area contributed by atoms with Gasteiger partial charge in [0.05, 0.1) is 26.9 Å². The SMILES string of the molecule is COc1cc(NC(=O)CCN2CCCN(c3ncccc3C#N)CC2)cc(OC)c1OC. The minimum absolute atomic E-state index is 0.0862. The molecule has 0 atom stereocenters. The van der Waals surface area contributed by atoms with E-state index < -0.39 is 0 Å². The number of hydrogen-bond acceptors (Lipinski definition) is 8. The third kappa shape index (κ3) is 5.59. The molecule has 1 fully saturated rings. The number of nitrogens with zero attached hydrogens (tertiary/aromatic N) is 4. The quantitative estimate of drug-likeness (QED) is 0.670. The molecule has 170 valence electrons. The second-order valence-corrected chi connectivity index (χ2v) is 7.38. The lowest BCUT2D eigenvalue weighted by Gasteiger charge is -2.23. The summed E-state index contributed by atoms with van der Waals surface area (Å²) in [6.45, 7) is 3.94. The molecule has 32 heavy (non-hydrogen) atoms. The highest BCUT2D eigenvalue weighted by Crippen LogP contribution is 2.39. The maximum Gasteiger partial charge on any atom is 0.225 e. The first-order chi connectivity index (χ1) is 15.6. The molecule has 2 heterocycles. The second-order valence-electron chi connectivity index (χ2n) is 7.38. The molecule has 1 aromatic heterocycles.